The van der Waals surface area contributed by atoms with Crippen LogP contribution in [0, 0.1) is 0 Å². The zero-order valence-corrected chi connectivity index (χ0v) is 11.6. The first-order chi connectivity index (χ1) is 8.65. The predicted octanol–water partition coefficient (Wildman–Crippen LogP) is 2.69. The van der Waals surface area contributed by atoms with Crippen molar-refractivity contribution in [1.82, 2.24) is 5.32 Å². The minimum atomic E-state index is -0.210. The lowest BCUT2D eigenvalue weighted by atomic mass is 10.2. The summed E-state index contributed by atoms with van der Waals surface area (Å²) < 4.78 is 0. The van der Waals surface area contributed by atoms with E-state index >= 15 is 0 Å². The van der Waals surface area contributed by atoms with Gasteiger partial charge in [-0.3, -0.25) is 0 Å². The molecule has 0 spiro atoms. The number of urea groups is 1. The van der Waals surface area contributed by atoms with Gasteiger partial charge < -0.3 is 15.7 Å². The first kappa shape index (κ1) is 14.9. The van der Waals surface area contributed by atoms with Crippen LogP contribution < -0.4 is 10.6 Å². The van der Waals surface area contributed by atoms with Crippen LogP contribution in [0.5, 0.6) is 0 Å². The summed E-state index contributed by atoms with van der Waals surface area (Å²) in [6.07, 6.45) is 3.47. The Morgan fingerprint density at radius 3 is 2.94 bits per heavy atom. The number of amides is 2. The topological polar surface area (TPSA) is 61.4 Å². The molecule has 3 N–H and O–H groups in total. The monoisotopic (exact) mass is 268 g/mol. The number of nitrogens with one attached hydrogen (secondary N) is 2. The Morgan fingerprint density at radius 2 is 2.28 bits per heavy atom. The zero-order chi connectivity index (χ0) is 13.4. The lowest BCUT2D eigenvalue weighted by Crippen LogP contribution is -2.36. The number of hydrogen-bond donors (Lipinski definition) is 3. The van der Waals surface area contributed by atoms with Gasteiger partial charge in [0.1, 0.15) is 0 Å². The van der Waals surface area contributed by atoms with Gasteiger partial charge in [0.25, 0.3) is 0 Å². The van der Waals surface area contributed by atoms with Gasteiger partial charge in [-0.2, -0.15) is 0 Å². The molecular weight excluding hydrogens is 248 g/mol. The Kier molecular flexibility index (Phi) is 6.60. The highest BCUT2D eigenvalue weighted by atomic mass is 32.2. The Bertz CT molecular complexity index is 385. The molecule has 0 radical (unpaired) electrons. The summed E-state index contributed by atoms with van der Waals surface area (Å²) in [7, 11) is 0. The molecule has 1 atom stereocenters. The van der Waals surface area contributed by atoms with Crippen LogP contribution >= 0.6 is 11.8 Å². The number of thioether (sulfide) groups is 1. The fourth-order valence-corrected chi connectivity index (χ4v) is 2.02. The van der Waals surface area contributed by atoms with Crippen molar-refractivity contribution >= 4 is 23.5 Å². The van der Waals surface area contributed by atoms with E-state index in [0.29, 0.717) is 6.42 Å². The van der Waals surface area contributed by atoms with Crippen molar-refractivity contribution in [3.05, 3.63) is 24.3 Å². The number of benzene rings is 1. The van der Waals surface area contributed by atoms with Crippen molar-refractivity contribution in [2.24, 2.45) is 0 Å². The number of aliphatic hydroxyl groups is 1. The molecule has 100 valence electrons. The van der Waals surface area contributed by atoms with Crippen molar-refractivity contribution in [2.75, 3.05) is 18.2 Å². The van der Waals surface area contributed by atoms with Crippen molar-refractivity contribution < 1.29 is 9.90 Å². The molecule has 4 nitrogen and oxygen atoms in total. The van der Waals surface area contributed by atoms with Gasteiger partial charge in [-0.1, -0.05) is 6.07 Å². The number of carbonyl (C=O) groups is 1. The highest BCUT2D eigenvalue weighted by molar-refractivity contribution is 7.98. The molecule has 5 heteroatoms. The van der Waals surface area contributed by atoms with Crippen LogP contribution in [-0.4, -0.2) is 30.0 Å². The molecule has 0 aliphatic rings. The molecule has 0 aromatic heterocycles. The maximum absolute atomic E-state index is 11.7. The molecule has 0 heterocycles. The Hall–Kier alpha value is -1.20. The second-order valence-corrected chi connectivity index (χ2v) is 4.98. The summed E-state index contributed by atoms with van der Waals surface area (Å²) in [5.74, 6) is 0. The fourth-order valence-electron chi connectivity index (χ4n) is 1.56. The van der Waals surface area contributed by atoms with Gasteiger partial charge >= 0.3 is 6.03 Å². The van der Waals surface area contributed by atoms with Gasteiger partial charge in [0.2, 0.25) is 0 Å². The summed E-state index contributed by atoms with van der Waals surface area (Å²) in [5, 5.41) is 14.3. The third kappa shape index (κ3) is 5.42. The van der Waals surface area contributed by atoms with Crippen LogP contribution in [0.4, 0.5) is 10.5 Å². The molecule has 0 saturated heterocycles. The van der Waals surface area contributed by atoms with Crippen molar-refractivity contribution in [2.45, 2.75) is 30.7 Å². The maximum atomic E-state index is 11.7. The van der Waals surface area contributed by atoms with Gasteiger partial charge in [-0.05, 0) is 44.2 Å². The molecular formula is C13H20N2O2S. The fraction of sp³-hybridized carbons (Fsp3) is 0.462. The Labute approximate surface area is 112 Å². The van der Waals surface area contributed by atoms with E-state index < -0.39 is 0 Å². The van der Waals surface area contributed by atoms with Gasteiger partial charge in [-0.25, -0.2) is 4.79 Å². The van der Waals surface area contributed by atoms with Crippen molar-refractivity contribution in [3.8, 4) is 0 Å². The number of rotatable bonds is 6. The van der Waals surface area contributed by atoms with Gasteiger partial charge in [0, 0.05) is 23.2 Å². The summed E-state index contributed by atoms with van der Waals surface area (Å²) in [4.78, 5) is 12.8. The van der Waals surface area contributed by atoms with E-state index in [1.807, 2.05) is 37.4 Å². The van der Waals surface area contributed by atoms with Crippen LogP contribution in [0.15, 0.2) is 29.2 Å². The van der Waals surface area contributed by atoms with E-state index in [0.717, 1.165) is 17.0 Å². The Balaban J connectivity index is 2.43. The first-order valence-corrected chi connectivity index (χ1v) is 7.20. The van der Waals surface area contributed by atoms with E-state index in [9.17, 15) is 4.79 Å². The molecule has 0 aliphatic heterocycles. The summed E-state index contributed by atoms with van der Waals surface area (Å²) >= 11 is 1.64. The molecule has 1 aromatic carbocycles. The molecule has 0 fully saturated rings. The van der Waals surface area contributed by atoms with E-state index in [-0.39, 0.29) is 18.7 Å². The molecule has 0 aliphatic carbocycles. The van der Waals surface area contributed by atoms with Gasteiger partial charge in [0.15, 0.2) is 0 Å². The molecule has 2 amide bonds. The van der Waals surface area contributed by atoms with E-state index in [1.165, 1.54) is 0 Å². The van der Waals surface area contributed by atoms with Crippen molar-refractivity contribution in [1.29, 1.82) is 0 Å². The lowest BCUT2D eigenvalue weighted by molar-refractivity contribution is 0.245. The smallest absolute Gasteiger partial charge is 0.319 e. The molecule has 1 aromatic rings. The molecule has 1 unspecified atom stereocenters. The normalized spacial score (nSPS) is 11.9. The number of hydrogen-bond acceptors (Lipinski definition) is 3. The minimum Gasteiger partial charge on any atom is -0.396 e. The largest absolute Gasteiger partial charge is 0.396 e. The third-order valence-electron chi connectivity index (χ3n) is 2.50. The highest BCUT2D eigenvalue weighted by Crippen LogP contribution is 2.18. The summed E-state index contributed by atoms with van der Waals surface area (Å²) in [5.41, 5.74) is 0.786. The number of carbonyl (C=O) groups excluding carboxylic acids is 1. The van der Waals surface area contributed by atoms with Crippen molar-refractivity contribution in [3.63, 3.8) is 0 Å². The Morgan fingerprint density at radius 1 is 1.50 bits per heavy atom. The van der Waals surface area contributed by atoms with Crippen LogP contribution in [0.2, 0.25) is 0 Å². The first-order valence-electron chi connectivity index (χ1n) is 5.98. The highest BCUT2D eigenvalue weighted by Gasteiger charge is 2.07. The maximum Gasteiger partial charge on any atom is 0.319 e. The second-order valence-electron chi connectivity index (χ2n) is 4.10. The van der Waals surface area contributed by atoms with E-state index in [4.69, 9.17) is 5.11 Å². The number of anilines is 1. The minimum absolute atomic E-state index is 0.0564. The van der Waals surface area contributed by atoms with Crippen LogP contribution in [0.1, 0.15) is 19.8 Å². The van der Waals surface area contributed by atoms with E-state index in [1.54, 1.807) is 11.8 Å². The SMILES string of the molecule is CSc1cccc(NC(=O)NC(C)CCCO)c1. The molecule has 0 saturated carbocycles. The predicted molar refractivity (Wildman–Crippen MR) is 76.2 cm³/mol. The van der Waals surface area contributed by atoms with Gasteiger partial charge in [-0.15, -0.1) is 11.8 Å². The average Bonchev–Trinajstić information content (AvgIpc) is 2.36. The summed E-state index contributed by atoms with van der Waals surface area (Å²) in [6.45, 7) is 2.08. The zero-order valence-electron chi connectivity index (χ0n) is 10.8. The molecule has 1 rings (SSSR count). The quantitative estimate of drug-likeness (QED) is 0.695. The van der Waals surface area contributed by atoms with Crippen LogP contribution in [0.25, 0.3) is 0 Å². The summed E-state index contributed by atoms with van der Waals surface area (Å²) in [6, 6.07) is 7.55. The van der Waals surface area contributed by atoms with Gasteiger partial charge in [0.05, 0.1) is 0 Å². The average molecular weight is 268 g/mol. The second kappa shape index (κ2) is 8.00. The van der Waals surface area contributed by atoms with Crippen LogP contribution in [-0.2, 0) is 0 Å². The standard InChI is InChI=1S/C13H20N2O2S/c1-10(5-4-8-16)14-13(17)15-11-6-3-7-12(9-11)18-2/h3,6-7,9-10,16H,4-5,8H2,1-2H3,(H2,14,15,17). The third-order valence-corrected chi connectivity index (χ3v) is 3.23. The number of aliphatic hydroxyl groups excluding tert-OH is 1. The van der Waals surface area contributed by atoms with E-state index in [2.05, 4.69) is 10.6 Å². The molecule has 0 bridgehead atoms. The lowest BCUT2D eigenvalue weighted by Gasteiger charge is -2.14. The van der Waals surface area contributed by atoms with Crippen LogP contribution in [0.3, 0.4) is 0 Å². The molecule has 18 heavy (non-hydrogen) atoms.